The Morgan fingerprint density at radius 1 is 1.56 bits per heavy atom. The Hall–Kier alpha value is -1.59. The maximum Gasteiger partial charge on any atom is 0.308 e. The fraction of sp³-hybridized carbons (Fsp3) is 0.700. The van der Waals surface area contributed by atoms with Gasteiger partial charge in [0.1, 0.15) is 0 Å². The smallest absolute Gasteiger partial charge is 0.308 e. The molecule has 2 N–H and O–H groups in total. The molecular formula is C10H16N2O4. The molecule has 0 aromatic carbocycles. The van der Waals surface area contributed by atoms with Crippen molar-refractivity contribution in [1.29, 1.82) is 0 Å². The maximum atomic E-state index is 11.4. The Balaban J connectivity index is 2.41. The number of carbonyl (C=O) groups excluding carboxylic acids is 2. The number of nitrogens with one attached hydrogen (secondary N) is 1. The molecule has 6 heteroatoms. The number of carboxylic acids is 1. The molecule has 0 spiro atoms. The van der Waals surface area contributed by atoms with Crippen LogP contribution in [0, 0.1) is 5.92 Å². The van der Waals surface area contributed by atoms with Gasteiger partial charge in [-0.25, -0.2) is 0 Å². The van der Waals surface area contributed by atoms with E-state index in [0.29, 0.717) is 6.54 Å². The van der Waals surface area contributed by atoms with E-state index in [0.717, 1.165) is 6.42 Å². The summed E-state index contributed by atoms with van der Waals surface area (Å²) in [6.07, 6.45) is 0.827. The van der Waals surface area contributed by atoms with E-state index in [1.165, 1.54) is 4.90 Å². The van der Waals surface area contributed by atoms with Gasteiger partial charge < -0.3 is 15.3 Å². The lowest BCUT2D eigenvalue weighted by Crippen LogP contribution is -2.38. The van der Waals surface area contributed by atoms with Crippen molar-refractivity contribution >= 4 is 17.8 Å². The highest BCUT2D eigenvalue weighted by molar-refractivity contribution is 5.89. The zero-order valence-corrected chi connectivity index (χ0v) is 9.23. The van der Waals surface area contributed by atoms with Crippen molar-refractivity contribution in [2.24, 2.45) is 5.92 Å². The van der Waals surface area contributed by atoms with Gasteiger partial charge in [-0.15, -0.1) is 0 Å². The van der Waals surface area contributed by atoms with Crippen LogP contribution < -0.4 is 5.32 Å². The molecule has 1 atom stereocenters. The summed E-state index contributed by atoms with van der Waals surface area (Å²) in [4.78, 5) is 34.7. The van der Waals surface area contributed by atoms with Crippen LogP contribution in [0.15, 0.2) is 0 Å². The minimum absolute atomic E-state index is 0.00358. The van der Waals surface area contributed by atoms with Crippen LogP contribution in [0.25, 0.3) is 0 Å². The second kappa shape index (κ2) is 5.48. The topological polar surface area (TPSA) is 86.7 Å². The summed E-state index contributed by atoms with van der Waals surface area (Å²) in [6, 6.07) is 0. The van der Waals surface area contributed by atoms with Crippen molar-refractivity contribution in [3.63, 3.8) is 0 Å². The van der Waals surface area contributed by atoms with E-state index in [4.69, 9.17) is 5.11 Å². The predicted octanol–water partition coefficient (Wildman–Crippen LogP) is -0.554. The molecule has 0 aliphatic carbocycles. The number of nitrogens with zero attached hydrogens (tertiary/aromatic N) is 1. The molecule has 1 saturated heterocycles. The number of likely N-dealkylation sites (tertiary alicyclic amines) is 1. The van der Waals surface area contributed by atoms with Gasteiger partial charge >= 0.3 is 5.97 Å². The number of carbonyl (C=O) groups is 3. The second-order valence-corrected chi connectivity index (χ2v) is 3.86. The Morgan fingerprint density at radius 3 is 2.75 bits per heavy atom. The van der Waals surface area contributed by atoms with Gasteiger partial charge in [-0.1, -0.05) is 6.92 Å². The molecule has 90 valence electrons. The monoisotopic (exact) mass is 228 g/mol. The van der Waals surface area contributed by atoms with Gasteiger partial charge in [-0.3, -0.25) is 14.4 Å². The summed E-state index contributed by atoms with van der Waals surface area (Å²) in [5.74, 6) is -2.16. The van der Waals surface area contributed by atoms with Crippen LogP contribution in [-0.2, 0) is 14.4 Å². The number of carboxylic acid groups (broad SMARTS) is 1. The molecule has 0 radical (unpaired) electrons. The van der Waals surface area contributed by atoms with Crippen LogP contribution in [0.3, 0.4) is 0 Å². The average molecular weight is 228 g/mol. The Bertz CT molecular complexity index is 303. The van der Waals surface area contributed by atoms with Crippen LogP contribution in [0.2, 0.25) is 0 Å². The molecule has 0 saturated carbocycles. The van der Waals surface area contributed by atoms with Gasteiger partial charge in [-0.05, 0) is 6.42 Å². The van der Waals surface area contributed by atoms with Crippen LogP contribution in [-0.4, -0.2) is 47.4 Å². The SMILES string of the molecule is CCCNC(=O)CN1CC(C(=O)O)CC1=O. The lowest BCUT2D eigenvalue weighted by Gasteiger charge is -2.15. The molecule has 0 bridgehead atoms. The normalized spacial score (nSPS) is 19.9. The molecule has 16 heavy (non-hydrogen) atoms. The molecule has 0 aromatic rings. The summed E-state index contributed by atoms with van der Waals surface area (Å²) >= 11 is 0. The Morgan fingerprint density at radius 2 is 2.25 bits per heavy atom. The molecule has 1 aliphatic heterocycles. The van der Waals surface area contributed by atoms with Crippen LogP contribution >= 0.6 is 0 Å². The standard InChI is InChI=1S/C10H16N2O4/c1-2-3-11-8(13)6-12-5-7(10(15)16)4-9(12)14/h7H,2-6H2,1H3,(H,11,13)(H,15,16). The zero-order chi connectivity index (χ0) is 12.1. The molecule has 1 unspecified atom stereocenters. The quantitative estimate of drug-likeness (QED) is 0.660. The van der Waals surface area contributed by atoms with Crippen LogP contribution in [0.4, 0.5) is 0 Å². The van der Waals surface area contributed by atoms with Crippen molar-refractivity contribution in [2.45, 2.75) is 19.8 Å². The summed E-state index contributed by atoms with van der Waals surface area (Å²) < 4.78 is 0. The zero-order valence-electron chi connectivity index (χ0n) is 9.23. The van der Waals surface area contributed by atoms with Gasteiger partial charge in [0.2, 0.25) is 11.8 Å². The predicted molar refractivity (Wildman–Crippen MR) is 55.6 cm³/mol. The first-order chi connectivity index (χ1) is 7.54. The van der Waals surface area contributed by atoms with E-state index in [2.05, 4.69) is 5.32 Å². The van der Waals surface area contributed by atoms with E-state index in [1.807, 2.05) is 6.92 Å². The highest BCUT2D eigenvalue weighted by Crippen LogP contribution is 2.17. The summed E-state index contributed by atoms with van der Waals surface area (Å²) in [6.45, 7) is 2.60. The van der Waals surface area contributed by atoms with E-state index in [-0.39, 0.29) is 31.3 Å². The molecule has 6 nitrogen and oxygen atoms in total. The van der Waals surface area contributed by atoms with Crippen molar-refractivity contribution < 1.29 is 19.5 Å². The lowest BCUT2D eigenvalue weighted by atomic mass is 10.1. The van der Waals surface area contributed by atoms with Crippen molar-refractivity contribution in [3.8, 4) is 0 Å². The van der Waals surface area contributed by atoms with Gasteiger partial charge in [0.05, 0.1) is 12.5 Å². The summed E-state index contributed by atoms with van der Waals surface area (Å²) in [5, 5.41) is 11.4. The first-order valence-corrected chi connectivity index (χ1v) is 5.31. The van der Waals surface area contributed by atoms with Crippen molar-refractivity contribution in [1.82, 2.24) is 10.2 Å². The highest BCUT2D eigenvalue weighted by Gasteiger charge is 2.34. The fourth-order valence-corrected chi connectivity index (χ4v) is 1.58. The molecular weight excluding hydrogens is 212 g/mol. The van der Waals surface area contributed by atoms with Gasteiger partial charge in [-0.2, -0.15) is 0 Å². The first kappa shape index (κ1) is 12.5. The minimum atomic E-state index is -0.982. The van der Waals surface area contributed by atoms with E-state index >= 15 is 0 Å². The van der Waals surface area contributed by atoms with Gasteiger partial charge in [0.25, 0.3) is 0 Å². The van der Waals surface area contributed by atoms with Gasteiger partial charge in [0.15, 0.2) is 0 Å². The molecule has 1 heterocycles. The number of hydrogen-bond acceptors (Lipinski definition) is 3. The summed E-state index contributed by atoms with van der Waals surface area (Å²) in [5.41, 5.74) is 0. The first-order valence-electron chi connectivity index (χ1n) is 5.31. The van der Waals surface area contributed by atoms with E-state index < -0.39 is 11.9 Å². The van der Waals surface area contributed by atoms with Crippen LogP contribution in [0.1, 0.15) is 19.8 Å². The third kappa shape index (κ3) is 3.22. The summed E-state index contributed by atoms with van der Waals surface area (Å²) in [7, 11) is 0. The average Bonchev–Trinajstić information content (AvgIpc) is 2.57. The molecule has 1 rings (SSSR count). The van der Waals surface area contributed by atoms with E-state index in [1.54, 1.807) is 0 Å². The van der Waals surface area contributed by atoms with Crippen LogP contribution in [0.5, 0.6) is 0 Å². The number of aliphatic carboxylic acids is 1. The number of rotatable bonds is 5. The van der Waals surface area contributed by atoms with E-state index in [9.17, 15) is 14.4 Å². The second-order valence-electron chi connectivity index (χ2n) is 3.86. The lowest BCUT2D eigenvalue weighted by molar-refractivity contribution is -0.141. The molecule has 0 aromatic heterocycles. The largest absolute Gasteiger partial charge is 0.481 e. The van der Waals surface area contributed by atoms with Gasteiger partial charge in [0, 0.05) is 19.5 Å². The molecule has 1 aliphatic rings. The Labute approximate surface area is 93.6 Å². The van der Waals surface area contributed by atoms with Crippen molar-refractivity contribution in [3.05, 3.63) is 0 Å². The molecule has 2 amide bonds. The maximum absolute atomic E-state index is 11.4. The third-order valence-electron chi connectivity index (χ3n) is 2.47. The number of amides is 2. The third-order valence-corrected chi connectivity index (χ3v) is 2.47. The minimum Gasteiger partial charge on any atom is -0.481 e. The molecule has 1 fully saturated rings. The van der Waals surface area contributed by atoms with Crippen molar-refractivity contribution in [2.75, 3.05) is 19.6 Å². The Kier molecular flexibility index (Phi) is 4.28. The fourth-order valence-electron chi connectivity index (χ4n) is 1.58. The highest BCUT2D eigenvalue weighted by atomic mass is 16.4. The number of hydrogen-bond donors (Lipinski definition) is 2.